The van der Waals surface area contributed by atoms with E-state index in [9.17, 15) is 23.1 Å². The highest BCUT2D eigenvalue weighted by Crippen LogP contribution is 2.24. The van der Waals surface area contributed by atoms with Crippen molar-refractivity contribution in [3.63, 3.8) is 0 Å². The van der Waals surface area contributed by atoms with Gasteiger partial charge in [-0.15, -0.1) is 0 Å². The molecule has 0 saturated carbocycles. The van der Waals surface area contributed by atoms with Crippen LogP contribution in [-0.2, 0) is 4.79 Å². The number of nitrogens with zero attached hydrogens (tertiary/aromatic N) is 1. The maximum Gasteiger partial charge on any atom is 0.405 e. The monoisotopic (exact) mass is 282 g/mol. The molecule has 112 valence electrons. The summed E-state index contributed by atoms with van der Waals surface area (Å²) < 4.78 is 36.1. The minimum absolute atomic E-state index is 0.0617. The van der Waals surface area contributed by atoms with Crippen molar-refractivity contribution in [1.29, 1.82) is 0 Å². The Morgan fingerprint density at radius 1 is 1.47 bits per heavy atom. The zero-order valence-electron chi connectivity index (χ0n) is 11.2. The number of hydrogen-bond donors (Lipinski definition) is 2. The quantitative estimate of drug-likeness (QED) is 0.799. The fourth-order valence-corrected chi connectivity index (χ4v) is 2.50. The molecule has 1 heterocycles. The molecule has 1 aliphatic heterocycles. The summed E-state index contributed by atoms with van der Waals surface area (Å²) in [6.45, 7) is 2.65. The van der Waals surface area contributed by atoms with E-state index in [0.717, 1.165) is 12.8 Å². The Morgan fingerprint density at radius 3 is 2.63 bits per heavy atom. The Hall–Kier alpha value is -0.820. The van der Waals surface area contributed by atoms with Crippen molar-refractivity contribution < 1.29 is 23.1 Å². The number of alkyl halides is 3. The van der Waals surface area contributed by atoms with Crippen molar-refractivity contribution in [1.82, 2.24) is 10.2 Å². The zero-order valence-corrected chi connectivity index (χ0v) is 11.2. The lowest BCUT2D eigenvalue weighted by Gasteiger charge is -2.30. The first-order valence-corrected chi connectivity index (χ1v) is 6.49. The van der Waals surface area contributed by atoms with E-state index < -0.39 is 30.8 Å². The summed E-state index contributed by atoms with van der Waals surface area (Å²) in [5, 5.41) is 11.3. The first kappa shape index (κ1) is 16.2. The molecule has 0 aromatic rings. The Morgan fingerprint density at radius 2 is 2.11 bits per heavy atom. The largest absolute Gasteiger partial charge is 0.405 e. The number of aliphatic hydroxyl groups is 1. The van der Waals surface area contributed by atoms with E-state index in [-0.39, 0.29) is 6.04 Å². The lowest BCUT2D eigenvalue weighted by Crippen LogP contribution is -2.49. The molecule has 1 aliphatic rings. The molecule has 7 heteroatoms. The fraction of sp³-hybridized carbons (Fsp3) is 0.917. The summed E-state index contributed by atoms with van der Waals surface area (Å²) in [6.07, 6.45) is -2.57. The molecular weight excluding hydrogens is 261 g/mol. The second-order valence-electron chi connectivity index (χ2n) is 5.13. The van der Waals surface area contributed by atoms with Crippen LogP contribution >= 0.6 is 0 Å². The van der Waals surface area contributed by atoms with E-state index >= 15 is 0 Å². The van der Waals surface area contributed by atoms with Crippen LogP contribution in [0.2, 0.25) is 0 Å². The standard InChI is InChI=1S/C12H21F3N2O2/c1-8(18)6-10-4-3-5-17(10)9(2)11(19)16-7-12(13,14)15/h8-10,18H,3-7H2,1-2H3,(H,16,19). The van der Waals surface area contributed by atoms with E-state index in [1.807, 2.05) is 10.2 Å². The molecule has 19 heavy (non-hydrogen) atoms. The number of carbonyl (C=O) groups is 1. The summed E-state index contributed by atoms with van der Waals surface area (Å²) in [4.78, 5) is 13.6. The molecule has 4 nitrogen and oxygen atoms in total. The van der Waals surface area contributed by atoms with Crippen LogP contribution in [0.5, 0.6) is 0 Å². The summed E-state index contributed by atoms with van der Waals surface area (Å²) in [5.41, 5.74) is 0. The molecule has 1 amide bonds. The lowest BCUT2D eigenvalue weighted by molar-refractivity contribution is -0.141. The smallest absolute Gasteiger partial charge is 0.393 e. The van der Waals surface area contributed by atoms with Crippen molar-refractivity contribution in [3.8, 4) is 0 Å². The molecule has 0 aromatic carbocycles. The molecule has 3 atom stereocenters. The van der Waals surface area contributed by atoms with E-state index in [2.05, 4.69) is 0 Å². The Labute approximate surface area is 111 Å². The van der Waals surface area contributed by atoms with Gasteiger partial charge in [0.25, 0.3) is 0 Å². The van der Waals surface area contributed by atoms with Gasteiger partial charge in [0.15, 0.2) is 0 Å². The van der Waals surface area contributed by atoms with Crippen molar-refractivity contribution in [2.24, 2.45) is 0 Å². The molecular formula is C12H21F3N2O2. The van der Waals surface area contributed by atoms with E-state index in [0.29, 0.717) is 13.0 Å². The normalized spacial score (nSPS) is 24.2. The van der Waals surface area contributed by atoms with Crippen LogP contribution < -0.4 is 5.32 Å². The second kappa shape index (κ2) is 6.56. The maximum atomic E-state index is 12.0. The molecule has 2 N–H and O–H groups in total. The van der Waals surface area contributed by atoms with Crippen molar-refractivity contribution >= 4 is 5.91 Å². The van der Waals surface area contributed by atoms with Gasteiger partial charge in [0.2, 0.25) is 5.91 Å². The van der Waals surface area contributed by atoms with Crippen LogP contribution in [0.1, 0.15) is 33.1 Å². The molecule has 3 unspecified atom stereocenters. The molecule has 0 aliphatic carbocycles. The predicted octanol–water partition coefficient (Wildman–Crippen LogP) is 1.29. The highest BCUT2D eigenvalue weighted by molar-refractivity contribution is 5.81. The van der Waals surface area contributed by atoms with Gasteiger partial charge in [-0.3, -0.25) is 9.69 Å². The zero-order chi connectivity index (χ0) is 14.6. The first-order valence-electron chi connectivity index (χ1n) is 6.49. The number of rotatable bonds is 5. The van der Waals surface area contributed by atoms with Crippen LogP contribution in [0.4, 0.5) is 13.2 Å². The van der Waals surface area contributed by atoms with Gasteiger partial charge in [0, 0.05) is 6.04 Å². The van der Waals surface area contributed by atoms with Gasteiger partial charge in [-0.1, -0.05) is 0 Å². The van der Waals surface area contributed by atoms with Gasteiger partial charge in [-0.05, 0) is 39.7 Å². The molecule has 0 bridgehead atoms. The number of hydrogen-bond acceptors (Lipinski definition) is 3. The topological polar surface area (TPSA) is 52.6 Å². The fourth-order valence-electron chi connectivity index (χ4n) is 2.50. The van der Waals surface area contributed by atoms with Crippen LogP contribution in [0.15, 0.2) is 0 Å². The highest BCUT2D eigenvalue weighted by Gasteiger charge is 2.34. The summed E-state index contributed by atoms with van der Waals surface area (Å²) in [7, 11) is 0. The lowest BCUT2D eigenvalue weighted by atomic mass is 10.1. The van der Waals surface area contributed by atoms with Gasteiger partial charge < -0.3 is 10.4 Å². The van der Waals surface area contributed by atoms with Gasteiger partial charge in [0.05, 0.1) is 12.1 Å². The molecule has 0 radical (unpaired) electrons. The van der Waals surface area contributed by atoms with Crippen LogP contribution in [-0.4, -0.2) is 53.4 Å². The molecule has 1 rings (SSSR count). The third-order valence-corrected chi connectivity index (χ3v) is 3.38. The summed E-state index contributed by atoms with van der Waals surface area (Å²) in [5.74, 6) is -0.616. The average Bonchev–Trinajstić information content (AvgIpc) is 2.71. The number of amides is 1. The number of likely N-dealkylation sites (tertiary alicyclic amines) is 1. The van der Waals surface area contributed by atoms with Crippen LogP contribution in [0, 0.1) is 0 Å². The Bertz CT molecular complexity index is 308. The van der Waals surface area contributed by atoms with Gasteiger partial charge in [-0.25, -0.2) is 0 Å². The number of carbonyl (C=O) groups excluding carboxylic acids is 1. The third kappa shape index (κ3) is 5.36. The SMILES string of the molecule is CC(O)CC1CCCN1C(C)C(=O)NCC(F)(F)F. The number of aliphatic hydroxyl groups excluding tert-OH is 1. The predicted molar refractivity (Wildman–Crippen MR) is 64.6 cm³/mol. The van der Waals surface area contributed by atoms with E-state index in [4.69, 9.17) is 0 Å². The second-order valence-corrected chi connectivity index (χ2v) is 5.13. The number of nitrogens with one attached hydrogen (secondary N) is 1. The minimum Gasteiger partial charge on any atom is -0.393 e. The van der Waals surface area contributed by atoms with Gasteiger partial charge in [0.1, 0.15) is 6.54 Å². The Balaban J connectivity index is 2.51. The molecule has 1 saturated heterocycles. The molecule has 0 aromatic heterocycles. The number of halogens is 3. The van der Waals surface area contributed by atoms with E-state index in [1.54, 1.807) is 13.8 Å². The van der Waals surface area contributed by atoms with Crippen molar-refractivity contribution in [3.05, 3.63) is 0 Å². The molecule has 1 fully saturated rings. The van der Waals surface area contributed by atoms with E-state index in [1.165, 1.54) is 0 Å². The van der Waals surface area contributed by atoms with Gasteiger partial charge >= 0.3 is 6.18 Å². The first-order chi connectivity index (χ1) is 8.70. The van der Waals surface area contributed by atoms with Crippen LogP contribution in [0.25, 0.3) is 0 Å². The van der Waals surface area contributed by atoms with Crippen molar-refractivity contribution in [2.75, 3.05) is 13.1 Å². The van der Waals surface area contributed by atoms with Gasteiger partial charge in [-0.2, -0.15) is 13.2 Å². The third-order valence-electron chi connectivity index (χ3n) is 3.38. The summed E-state index contributed by atoms with van der Waals surface area (Å²) in [6, 6.07) is -0.541. The maximum absolute atomic E-state index is 12.0. The average molecular weight is 282 g/mol. The van der Waals surface area contributed by atoms with Crippen LogP contribution in [0.3, 0.4) is 0 Å². The van der Waals surface area contributed by atoms with Crippen molar-refractivity contribution in [2.45, 2.75) is 57.5 Å². The minimum atomic E-state index is -4.39. The highest BCUT2D eigenvalue weighted by atomic mass is 19.4. The Kier molecular flexibility index (Phi) is 5.61. The molecule has 0 spiro atoms. The summed E-state index contributed by atoms with van der Waals surface area (Å²) >= 11 is 0.